The maximum atomic E-state index is 8.62. The Hall–Kier alpha value is -2.11. The lowest BCUT2D eigenvalue weighted by atomic mass is 10.0. The molecule has 2 aromatic carbocycles. The normalized spacial score (nSPS) is 10.0. The maximum Gasteiger partial charge on any atom is 0.0669 e. The molecule has 0 aliphatic rings. The van der Waals surface area contributed by atoms with E-state index in [1.54, 1.807) is 0 Å². The van der Waals surface area contributed by atoms with Crippen LogP contribution >= 0.6 is 0 Å². The molecule has 0 saturated carbocycles. The van der Waals surface area contributed by atoms with Gasteiger partial charge in [-0.1, -0.05) is 48.5 Å². The lowest BCUT2D eigenvalue weighted by molar-refractivity contribution is 1.05. The SMILES string of the molecule is N#CCc1ccc(Cc2cccc(CN)c2)cc1. The summed E-state index contributed by atoms with van der Waals surface area (Å²) in [7, 11) is 0. The molecule has 0 fully saturated rings. The Morgan fingerprint density at radius 3 is 2.22 bits per heavy atom. The standard InChI is InChI=1S/C16H16N2/c17-9-8-13-4-6-14(7-5-13)10-15-2-1-3-16(11-15)12-18/h1-7,11H,8,10,12,18H2. The third-order valence-electron chi connectivity index (χ3n) is 2.94. The van der Waals surface area contributed by atoms with E-state index >= 15 is 0 Å². The average molecular weight is 236 g/mol. The first-order valence-corrected chi connectivity index (χ1v) is 6.04. The van der Waals surface area contributed by atoms with Gasteiger partial charge in [-0.25, -0.2) is 0 Å². The smallest absolute Gasteiger partial charge is 0.0669 e. The van der Waals surface area contributed by atoms with Crippen molar-refractivity contribution in [3.63, 3.8) is 0 Å². The molecule has 2 N–H and O–H groups in total. The molecule has 0 heterocycles. The third-order valence-corrected chi connectivity index (χ3v) is 2.94. The quantitative estimate of drug-likeness (QED) is 0.887. The molecule has 0 aliphatic carbocycles. The van der Waals surface area contributed by atoms with Gasteiger partial charge in [0.15, 0.2) is 0 Å². The van der Waals surface area contributed by atoms with Crippen LogP contribution in [0.1, 0.15) is 22.3 Å². The van der Waals surface area contributed by atoms with Gasteiger partial charge in [-0.3, -0.25) is 0 Å². The van der Waals surface area contributed by atoms with Crippen LogP contribution in [0.2, 0.25) is 0 Å². The minimum Gasteiger partial charge on any atom is -0.326 e. The third kappa shape index (κ3) is 3.19. The van der Waals surface area contributed by atoms with Crippen molar-refractivity contribution in [3.05, 3.63) is 70.8 Å². The van der Waals surface area contributed by atoms with E-state index in [2.05, 4.69) is 30.3 Å². The van der Waals surface area contributed by atoms with Crippen LogP contribution in [-0.2, 0) is 19.4 Å². The molecular weight excluding hydrogens is 220 g/mol. The van der Waals surface area contributed by atoms with Crippen molar-refractivity contribution in [1.82, 2.24) is 0 Å². The fourth-order valence-corrected chi connectivity index (χ4v) is 1.97. The van der Waals surface area contributed by atoms with Crippen LogP contribution < -0.4 is 5.73 Å². The number of rotatable bonds is 4. The van der Waals surface area contributed by atoms with Crippen molar-refractivity contribution in [1.29, 1.82) is 5.26 Å². The van der Waals surface area contributed by atoms with Gasteiger partial charge >= 0.3 is 0 Å². The number of nitrogens with zero attached hydrogens (tertiary/aromatic N) is 1. The molecule has 2 heteroatoms. The molecular formula is C16H16N2. The summed E-state index contributed by atoms with van der Waals surface area (Å²) in [6.07, 6.45) is 1.38. The minimum atomic E-state index is 0.475. The highest BCUT2D eigenvalue weighted by atomic mass is 14.5. The van der Waals surface area contributed by atoms with Crippen LogP contribution in [0, 0.1) is 11.3 Å². The fourth-order valence-electron chi connectivity index (χ4n) is 1.97. The van der Waals surface area contributed by atoms with Gasteiger partial charge in [0.2, 0.25) is 0 Å². The summed E-state index contributed by atoms with van der Waals surface area (Å²) in [4.78, 5) is 0. The summed E-state index contributed by atoms with van der Waals surface area (Å²) >= 11 is 0. The van der Waals surface area contributed by atoms with Crippen molar-refractivity contribution in [2.45, 2.75) is 19.4 Å². The predicted octanol–water partition coefficient (Wildman–Crippen LogP) is 2.80. The highest BCUT2D eigenvalue weighted by Crippen LogP contribution is 2.12. The second kappa shape index (κ2) is 6.00. The summed E-state index contributed by atoms with van der Waals surface area (Å²) in [5.41, 5.74) is 10.4. The number of nitriles is 1. The maximum absolute atomic E-state index is 8.62. The first kappa shape index (κ1) is 12.3. The zero-order valence-corrected chi connectivity index (χ0v) is 10.3. The predicted molar refractivity (Wildman–Crippen MR) is 72.9 cm³/mol. The largest absolute Gasteiger partial charge is 0.326 e. The Balaban J connectivity index is 2.11. The summed E-state index contributed by atoms with van der Waals surface area (Å²) < 4.78 is 0. The van der Waals surface area contributed by atoms with Gasteiger partial charge in [-0.2, -0.15) is 5.26 Å². The molecule has 2 nitrogen and oxygen atoms in total. The summed E-state index contributed by atoms with van der Waals surface area (Å²) in [5, 5.41) is 8.62. The van der Waals surface area contributed by atoms with E-state index in [1.807, 2.05) is 24.3 Å². The first-order valence-electron chi connectivity index (χ1n) is 6.04. The van der Waals surface area contributed by atoms with Gasteiger partial charge in [0, 0.05) is 6.54 Å². The molecule has 0 atom stereocenters. The second-order valence-electron chi connectivity index (χ2n) is 4.35. The van der Waals surface area contributed by atoms with E-state index in [1.165, 1.54) is 11.1 Å². The van der Waals surface area contributed by atoms with Gasteiger partial charge in [-0.15, -0.1) is 0 Å². The average Bonchev–Trinajstić information content (AvgIpc) is 2.42. The minimum absolute atomic E-state index is 0.475. The summed E-state index contributed by atoms with van der Waals surface area (Å²) in [5.74, 6) is 0. The van der Waals surface area contributed by atoms with Crippen molar-refractivity contribution in [2.75, 3.05) is 0 Å². The number of nitrogens with two attached hydrogens (primary N) is 1. The van der Waals surface area contributed by atoms with E-state index in [-0.39, 0.29) is 0 Å². The van der Waals surface area contributed by atoms with Crippen LogP contribution in [0.5, 0.6) is 0 Å². The fraction of sp³-hybridized carbons (Fsp3) is 0.188. The number of hydrogen-bond acceptors (Lipinski definition) is 2. The molecule has 0 radical (unpaired) electrons. The number of hydrogen-bond donors (Lipinski definition) is 1. The molecule has 0 amide bonds. The van der Waals surface area contributed by atoms with E-state index in [0.29, 0.717) is 13.0 Å². The van der Waals surface area contributed by atoms with Crippen LogP contribution in [0.25, 0.3) is 0 Å². The van der Waals surface area contributed by atoms with Crippen molar-refractivity contribution >= 4 is 0 Å². The molecule has 90 valence electrons. The van der Waals surface area contributed by atoms with Crippen molar-refractivity contribution < 1.29 is 0 Å². The van der Waals surface area contributed by atoms with E-state index in [9.17, 15) is 0 Å². The van der Waals surface area contributed by atoms with Gasteiger partial charge in [0.05, 0.1) is 12.5 Å². The van der Waals surface area contributed by atoms with E-state index < -0.39 is 0 Å². The first-order chi connectivity index (χ1) is 8.81. The molecule has 0 unspecified atom stereocenters. The molecule has 0 saturated heterocycles. The van der Waals surface area contributed by atoms with Crippen LogP contribution in [0.4, 0.5) is 0 Å². The Kier molecular flexibility index (Phi) is 4.11. The van der Waals surface area contributed by atoms with Gasteiger partial charge in [0.1, 0.15) is 0 Å². The lowest BCUT2D eigenvalue weighted by Crippen LogP contribution is -1.97. The molecule has 0 bridgehead atoms. The van der Waals surface area contributed by atoms with Gasteiger partial charge in [-0.05, 0) is 28.7 Å². The zero-order chi connectivity index (χ0) is 12.8. The second-order valence-corrected chi connectivity index (χ2v) is 4.35. The molecule has 2 rings (SSSR count). The Bertz CT molecular complexity index is 550. The Labute approximate surface area is 108 Å². The molecule has 2 aromatic rings. The highest BCUT2D eigenvalue weighted by Gasteiger charge is 1.98. The van der Waals surface area contributed by atoms with Gasteiger partial charge < -0.3 is 5.73 Å². The molecule has 0 spiro atoms. The monoisotopic (exact) mass is 236 g/mol. The van der Waals surface area contributed by atoms with E-state index in [0.717, 1.165) is 17.5 Å². The lowest BCUT2D eigenvalue weighted by Gasteiger charge is -2.05. The Morgan fingerprint density at radius 1 is 0.889 bits per heavy atom. The number of benzene rings is 2. The summed E-state index contributed by atoms with van der Waals surface area (Å²) in [6.45, 7) is 0.578. The van der Waals surface area contributed by atoms with Crippen LogP contribution in [-0.4, -0.2) is 0 Å². The highest BCUT2D eigenvalue weighted by molar-refractivity contribution is 5.31. The molecule has 18 heavy (non-hydrogen) atoms. The van der Waals surface area contributed by atoms with Crippen molar-refractivity contribution in [3.8, 4) is 6.07 Å². The summed E-state index contributed by atoms with van der Waals surface area (Å²) in [6, 6.07) is 18.7. The molecule has 0 aliphatic heterocycles. The Morgan fingerprint density at radius 2 is 1.56 bits per heavy atom. The van der Waals surface area contributed by atoms with Crippen LogP contribution in [0.15, 0.2) is 48.5 Å². The van der Waals surface area contributed by atoms with Crippen molar-refractivity contribution in [2.24, 2.45) is 5.73 Å². The van der Waals surface area contributed by atoms with Crippen LogP contribution in [0.3, 0.4) is 0 Å². The topological polar surface area (TPSA) is 49.8 Å². The zero-order valence-electron chi connectivity index (χ0n) is 10.3. The van der Waals surface area contributed by atoms with E-state index in [4.69, 9.17) is 11.0 Å². The molecule has 0 aromatic heterocycles. The van der Waals surface area contributed by atoms with Gasteiger partial charge in [0.25, 0.3) is 0 Å².